The first kappa shape index (κ1) is 14.9. The molecule has 0 bridgehead atoms. The van der Waals surface area contributed by atoms with E-state index >= 15 is 0 Å². The zero-order valence-corrected chi connectivity index (χ0v) is 12.5. The summed E-state index contributed by atoms with van der Waals surface area (Å²) in [7, 11) is 0. The number of rotatable bonds is 3. The molecule has 0 atom stereocenters. The van der Waals surface area contributed by atoms with Gasteiger partial charge in [0.05, 0.1) is 5.56 Å². The largest absolute Gasteiger partial charge is 0.478 e. The third kappa shape index (κ3) is 3.54. The standard InChI is InChI=1S/C17H20N2O2/c1-17(2,3)11-4-6-12(7-5-11)19-13-8-9-15(18)14(10-13)16(20)21/h4-10,19H,18H2,1-3H3,(H,20,21). The van der Waals surface area contributed by atoms with Gasteiger partial charge in [-0.1, -0.05) is 32.9 Å². The first-order valence-corrected chi connectivity index (χ1v) is 6.78. The van der Waals surface area contributed by atoms with E-state index < -0.39 is 5.97 Å². The Morgan fingerprint density at radius 2 is 1.62 bits per heavy atom. The van der Waals surface area contributed by atoms with Crippen molar-refractivity contribution >= 4 is 23.0 Å². The summed E-state index contributed by atoms with van der Waals surface area (Å²) in [6.07, 6.45) is 0. The molecule has 0 aromatic heterocycles. The molecule has 21 heavy (non-hydrogen) atoms. The molecule has 2 aromatic rings. The Bertz CT molecular complexity index is 655. The maximum atomic E-state index is 11.1. The number of carboxylic acids is 1. The van der Waals surface area contributed by atoms with Gasteiger partial charge in [0, 0.05) is 17.1 Å². The van der Waals surface area contributed by atoms with Crippen LogP contribution in [-0.4, -0.2) is 11.1 Å². The highest BCUT2D eigenvalue weighted by Crippen LogP contribution is 2.26. The van der Waals surface area contributed by atoms with E-state index in [-0.39, 0.29) is 16.7 Å². The van der Waals surface area contributed by atoms with Gasteiger partial charge in [-0.15, -0.1) is 0 Å². The van der Waals surface area contributed by atoms with E-state index in [1.807, 2.05) is 12.1 Å². The first-order chi connectivity index (χ1) is 9.77. The molecule has 0 aliphatic heterocycles. The molecule has 0 amide bonds. The molecule has 0 aliphatic carbocycles. The number of aromatic carboxylic acids is 1. The lowest BCUT2D eigenvalue weighted by Crippen LogP contribution is -2.10. The molecule has 4 nitrogen and oxygen atoms in total. The Hall–Kier alpha value is -2.49. The monoisotopic (exact) mass is 284 g/mol. The number of carbonyl (C=O) groups is 1. The Kier molecular flexibility index (Phi) is 3.89. The molecule has 0 radical (unpaired) electrons. The number of nitrogens with two attached hydrogens (primary N) is 1. The number of anilines is 3. The predicted molar refractivity (Wildman–Crippen MR) is 86.2 cm³/mol. The van der Waals surface area contributed by atoms with Crippen LogP contribution < -0.4 is 11.1 Å². The molecule has 110 valence electrons. The zero-order chi connectivity index (χ0) is 15.6. The second-order valence-electron chi connectivity index (χ2n) is 6.06. The van der Waals surface area contributed by atoms with Gasteiger partial charge in [-0.05, 0) is 41.3 Å². The van der Waals surface area contributed by atoms with Crippen molar-refractivity contribution in [3.8, 4) is 0 Å². The molecule has 4 heteroatoms. The van der Waals surface area contributed by atoms with E-state index in [9.17, 15) is 4.79 Å². The fourth-order valence-electron chi connectivity index (χ4n) is 2.04. The lowest BCUT2D eigenvalue weighted by molar-refractivity contribution is 0.0698. The summed E-state index contributed by atoms with van der Waals surface area (Å²) in [5.41, 5.74) is 8.97. The van der Waals surface area contributed by atoms with Crippen molar-refractivity contribution in [1.29, 1.82) is 0 Å². The van der Waals surface area contributed by atoms with Crippen LogP contribution in [0.25, 0.3) is 0 Å². The Morgan fingerprint density at radius 3 is 2.14 bits per heavy atom. The van der Waals surface area contributed by atoms with E-state index in [1.165, 1.54) is 11.6 Å². The van der Waals surface area contributed by atoms with Crippen molar-refractivity contribution in [1.82, 2.24) is 0 Å². The smallest absolute Gasteiger partial charge is 0.337 e. The van der Waals surface area contributed by atoms with E-state index in [0.717, 1.165) is 5.69 Å². The molecular formula is C17H20N2O2. The van der Waals surface area contributed by atoms with Crippen LogP contribution in [0.1, 0.15) is 36.7 Å². The maximum Gasteiger partial charge on any atom is 0.337 e. The van der Waals surface area contributed by atoms with Crippen LogP contribution in [0.4, 0.5) is 17.1 Å². The van der Waals surface area contributed by atoms with Gasteiger partial charge in [-0.3, -0.25) is 0 Å². The summed E-state index contributed by atoms with van der Waals surface area (Å²) in [5, 5.41) is 12.3. The molecule has 0 fully saturated rings. The van der Waals surface area contributed by atoms with Gasteiger partial charge >= 0.3 is 5.97 Å². The molecule has 2 aromatic carbocycles. The van der Waals surface area contributed by atoms with E-state index in [1.54, 1.807) is 12.1 Å². The number of hydrogen-bond acceptors (Lipinski definition) is 3. The van der Waals surface area contributed by atoms with Crippen LogP contribution >= 0.6 is 0 Å². The van der Waals surface area contributed by atoms with E-state index in [4.69, 9.17) is 10.8 Å². The fraction of sp³-hybridized carbons (Fsp3) is 0.235. The molecule has 0 heterocycles. The SMILES string of the molecule is CC(C)(C)c1ccc(Nc2ccc(N)c(C(=O)O)c2)cc1. The third-order valence-corrected chi connectivity index (χ3v) is 3.32. The normalized spacial score (nSPS) is 11.2. The van der Waals surface area contributed by atoms with Crippen molar-refractivity contribution < 1.29 is 9.90 Å². The van der Waals surface area contributed by atoms with E-state index in [2.05, 4.69) is 38.2 Å². The first-order valence-electron chi connectivity index (χ1n) is 6.78. The van der Waals surface area contributed by atoms with Crippen LogP contribution in [0.5, 0.6) is 0 Å². The van der Waals surface area contributed by atoms with Gasteiger partial charge in [-0.25, -0.2) is 4.79 Å². The number of nitrogen functional groups attached to an aromatic ring is 1. The average molecular weight is 284 g/mol. The van der Waals surface area contributed by atoms with Gasteiger partial charge in [0.25, 0.3) is 0 Å². The summed E-state index contributed by atoms with van der Waals surface area (Å²) < 4.78 is 0. The molecule has 0 saturated heterocycles. The molecule has 0 aliphatic rings. The second-order valence-corrected chi connectivity index (χ2v) is 6.06. The second kappa shape index (κ2) is 5.48. The minimum atomic E-state index is -1.03. The lowest BCUT2D eigenvalue weighted by Gasteiger charge is -2.19. The van der Waals surface area contributed by atoms with Crippen LogP contribution in [0.2, 0.25) is 0 Å². The number of benzene rings is 2. The molecule has 0 spiro atoms. The molecule has 2 rings (SSSR count). The quantitative estimate of drug-likeness (QED) is 0.744. The van der Waals surface area contributed by atoms with Gasteiger partial charge in [0.1, 0.15) is 0 Å². The molecular weight excluding hydrogens is 264 g/mol. The van der Waals surface area contributed by atoms with Crippen LogP contribution in [0.3, 0.4) is 0 Å². The van der Waals surface area contributed by atoms with Crippen molar-refractivity contribution in [2.24, 2.45) is 0 Å². The number of nitrogens with one attached hydrogen (secondary N) is 1. The van der Waals surface area contributed by atoms with Crippen molar-refractivity contribution in [3.63, 3.8) is 0 Å². The summed E-state index contributed by atoms with van der Waals surface area (Å²) in [4.78, 5) is 11.1. The van der Waals surface area contributed by atoms with Gasteiger partial charge < -0.3 is 16.2 Å². The third-order valence-electron chi connectivity index (χ3n) is 3.32. The summed E-state index contributed by atoms with van der Waals surface area (Å²) in [6, 6.07) is 13.0. The van der Waals surface area contributed by atoms with E-state index in [0.29, 0.717) is 5.69 Å². The van der Waals surface area contributed by atoms with Crippen molar-refractivity contribution in [3.05, 3.63) is 53.6 Å². The highest BCUT2D eigenvalue weighted by molar-refractivity contribution is 5.95. The number of carboxylic acid groups (broad SMARTS) is 1. The summed E-state index contributed by atoms with van der Waals surface area (Å²) in [5.74, 6) is -1.03. The maximum absolute atomic E-state index is 11.1. The minimum absolute atomic E-state index is 0.103. The van der Waals surface area contributed by atoms with Crippen LogP contribution in [-0.2, 0) is 5.41 Å². The zero-order valence-electron chi connectivity index (χ0n) is 12.5. The average Bonchev–Trinajstić information content (AvgIpc) is 2.40. The molecule has 4 N–H and O–H groups in total. The van der Waals surface area contributed by atoms with Crippen molar-refractivity contribution in [2.45, 2.75) is 26.2 Å². The van der Waals surface area contributed by atoms with Crippen LogP contribution in [0.15, 0.2) is 42.5 Å². The molecule has 0 saturated carbocycles. The minimum Gasteiger partial charge on any atom is -0.478 e. The summed E-state index contributed by atoms with van der Waals surface area (Å²) in [6.45, 7) is 6.48. The Morgan fingerprint density at radius 1 is 1.05 bits per heavy atom. The van der Waals surface area contributed by atoms with Gasteiger partial charge in [-0.2, -0.15) is 0 Å². The predicted octanol–water partition coefficient (Wildman–Crippen LogP) is 4.01. The van der Waals surface area contributed by atoms with Gasteiger partial charge in [0.15, 0.2) is 0 Å². The van der Waals surface area contributed by atoms with Gasteiger partial charge in [0.2, 0.25) is 0 Å². The molecule has 0 unspecified atom stereocenters. The van der Waals surface area contributed by atoms with Crippen molar-refractivity contribution in [2.75, 3.05) is 11.1 Å². The Balaban J connectivity index is 2.22. The lowest BCUT2D eigenvalue weighted by atomic mass is 9.87. The topological polar surface area (TPSA) is 75.3 Å². The van der Waals surface area contributed by atoms with Crippen LogP contribution in [0, 0.1) is 0 Å². The summed E-state index contributed by atoms with van der Waals surface area (Å²) >= 11 is 0. The Labute approximate surface area is 124 Å². The highest BCUT2D eigenvalue weighted by atomic mass is 16.4. The fourth-order valence-corrected chi connectivity index (χ4v) is 2.04. The number of hydrogen-bond donors (Lipinski definition) is 3. The highest BCUT2D eigenvalue weighted by Gasteiger charge is 2.13.